The molecule has 0 spiro atoms. The quantitative estimate of drug-likeness (QED) is 0.849. The van der Waals surface area contributed by atoms with E-state index in [0.29, 0.717) is 5.92 Å². The molecular formula is C16H26N2. The number of hydrogen-bond acceptors (Lipinski definition) is 2. The second kappa shape index (κ2) is 6.24. The molecule has 1 aromatic rings. The molecule has 1 aliphatic rings. The summed E-state index contributed by atoms with van der Waals surface area (Å²) in [7, 11) is 0. The number of aryl methyl sites for hydroxylation is 1. The van der Waals surface area contributed by atoms with E-state index in [-0.39, 0.29) is 0 Å². The van der Waals surface area contributed by atoms with E-state index < -0.39 is 0 Å². The van der Waals surface area contributed by atoms with Crippen molar-refractivity contribution in [2.45, 2.75) is 39.5 Å². The molecule has 2 heteroatoms. The van der Waals surface area contributed by atoms with Crippen LogP contribution in [0.5, 0.6) is 0 Å². The van der Waals surface area contributed by atoms with Gasteiger partial charge < -0.3 is 10.6 Å². The van der Waals surface area contributed by atoms with Gasteiger partial charge in [0.1, 0.15) is 0 Å². The van der Waals surface area contributed by atoms with Crippen LogP contribution >= 0.6 is 0 Å². The van der Waals surface area contributed by atoms with Crippen LogP contribution in [0, 0.1) is 12.8 Å². The molecule has 2 nitrogen and oxygen atoms in total. The maximum absolute atomic E-state index is 3.70. The van der Waals surface area contributed by atoms with Crippen molar-refractivity contribution in [1.29, 1.82) is 0 Å². The number of nitrogens with one attached hydrogen (secondary N) is 2. The first-order valence-corrected chi connectivity index (χ1v) is 7.22. The lowest BCUT2D eigenvalue weighted by Crippen LogP contribution is -2.31. The van der Waals surface area contributed by atoms with Gasteiger partial charge in [0.2, 0.25) is 0 Å². The first-order chi connectivity index (χ1) is 8.68. The molecule has 0 aliphatic carbocycles. The van der Waals surface area contributed by atoms with Crippen molar-refractivity contribution in [2.75, 3.05) is 25.0 Å². The van der Waals surface area contributed by atoms with Crippen LogP contribution in [0.3, 0.4) is 0 Å². The van der Waals surface area contributed by atoms with Gasteiger partial charge in [-0.05, 0) is 55.8 Å². The number of para-hydroxylation sites is 1. The number of anilines is 1. The van der Waals surface area contributed by atoms with Crippen molar-refractivity contribution in [2.24, 2.45) is 5.92 Å². The number of benzene rings is 1. The molecule has 0 saturated carbocycles. The van der Waals surface area contributed by atoms with Gasteiger partial charge >= 0.3 is 0 Å². The minimum atomic E-state index is 0.584. The molecule has 0 radical (unpaired) electrons. The molecule has 0 aromatic heterocycles. The van der Waals surface area contributed by atoms with Crippen LogP contribution in [0.4, 0.5) is 5.69 Å². The topological polar surface area (TPSA) is 24.1 Å². The average molecular weight is 246 g/mol. The van der Waals surface area contributed by atoms with Crippen LogP contribution in [-0.4, -0.2) is 19.6 Å². The van der Waals surface area contributed by atoms with E-state index in [4.69, 9.17) is 0 Å². The summed E-state index contributed by atoms with van der Waals surface area (Å²) in [5, 5.41) is 7.13. The summed E-state index contributed by atoms with van der Waals surface area (Å²) in [6.07, 6.45) is 2.60. The summed E-state index contributed by atoms with van der Waals surface area (Å²) in [6.45, 7) is 10.2. The van der Waals surface area contributed by atoms with E-state index in [0.717, 1.165) is 12.5 Å². The fraction of sp³-hybridized carbons (Fsp3) is 0.625. The van der Waals surface area contributed by atoms with Crippen LogP contribution in [-0.2, 0) is 0 Å². The Morgan fingerprint density at radius 1 is 1.28 bits per heavy atom. The maximum Gasteiger partial charge on any atom is 0.0405 e. The number of rotatable bonds is 4. The van der Waals surface area contributed by atoms with Crippen LogP contribution in [0.25, 0.3) is 0 Å². The van der Waals surface area contributed by atoms with Gasteiger partial charge in [0.05, 0.1) is 0 Å². The standard InChI is InChI=1S/C16H26N2/c1-12(2)15-6-4-5-13(3)16(15)18-11-14-7-9-17-10-8-14/h4-6,12,14,17-18H,7-11H2,1-3H3. The summed E-state index contributed by atoms with van der Waals surface area (Å²) < 4.78 is 0. The van der Waals surface area contributed by atoms with Crippen LogP contribution in [0.15, 0.2) is 18.2 Å². The van der Waals surface area contributed by atoms with Crippen LogP contribution < -0.4 is 10.6 Å². The van der Waals surface area contributed by atoms with E-state index in [1.807, 2.05) is 0 Å². The van der Waals surface area contributed by atoms with Crippen molar-refractivity contribution in [3.63, 3.8) is 0 Å². The highest BCUT2D eigenvalue weighted by Crippen LogP contribution is 2.28. The molecule has 1 fully saturated rings. The second-order valence-electron chi connectivity index (χ2n) is 5.77. The molecular weight excluding hydrogens is 220 g/mol. The Kier molecular flexibility index (Phi) is 4.65. The Bertz CT molecular complexity index is 379. The summed E-state index contributed by atoms with van der Waals surface area (Å²) >= 11 is 0. The summed E-state index contributed by atoms with van der Waals surface area (Å²) in [6, 6.07) is 6.62. The van der Waals surface area contributed by atoms with E-state index in [2.05, 4.69) is 49.6 Å². The van der Waals surface area contributed by atoms with E-state index in [1.54, 1.807) is 0 Å². The van der Waals surface area contributed by atoms with Crippen molar-refractivity contribution in [1.82, 2.24) is 5.32 Å². The molecule has 2 N–H and O–H groups in total. The smallest absolute Gasteiger partial charge is 0.0405 e. The van der Waals surface area contributed by atoms with E-state index in [1.165, 1.54) is 42.7 Å². The molecule has 1 aliphatic heterocycles. The highest BCUT2D eigenvalue weighted by atomic mass is 14.9. The average Bonchev–Trinajstić information content (AvgIpc) is 2.38. The number of piperidine rings is 1. The van der Waals surface area contributed by atoms with Gasteiger partial charge in [-0.2, -0.15) is 0 Å². The Hall–Kier alpha value is -1.02. The number of hydrogen-bond donors (Lipinski definition) is 2. The fourth-order valence-electron chi connectivity index (χ4n) is 2.75. The zero-order chi connectivity index (χ0) is 13.0. The molecule has 0 amide bonds. The normalized spacial score (nSPS) is 17.1. The molecule has 1 aromatic carbocycles. The lowest BCUT2D eigenvalue weighted by Gasteiger charge is -2.25. The van der Waals surface area contributed by atoms with Gasteiger partial charge in [-0.25, -0.2) is 0 Å². The van der Waals surface area contributed by atoms with Gasteiger partial charge in [-0.3, -0.25) is 0 Å². The van der Waals surface area contributed by atoms with E-state index >= 15 is 0 Å². The van der Waals surface area contributed by atoms with Gasteiger partial charge in [0.15, 0.2) is 0 Å². The molecule has 1 heterocycles. The first kappa shape index (κ1) is 13.4. The highest BCUT2D eigenvalue weighted by Gasteiger charge is 2.14. The minimum absolute atomic E-state index is 0.584. The molecule has 18 heavy (non-hydrogen) atoms. The van der Waals surface area contributed by atoms with Crippen molar-refractivity contribution < 1.29 is 0 Å². The predicted octanol–water partition coefficient (Wildman–Crippen LogP) is 3.53. The van der Waals surface area contributed by atoms with Crippen molar-refractivity contribution >= 4 is 5.69 Å². The molecule has 0 unspecified atom stereocenters. The lowest BCUT2D eigenvalue weighted by molar-refractivity contribution is 0.390. The Morgan fingerprint density at radius 2 is 2.00 bits per heavy atom. The Morgan fingerprint density at radius 3 is 2.67 bits per heavy atom. The highest BCUT2D eigenvalue weighted by molar-refractivity contribution is 5.58. The Labute approximate surface area is 111 Å². The summed E-state index contributed by atoms with van der Waals surface area (Å²) in [5.74, 6) is 1.41. The zero-order valence-electron chi connectivity index (χ0n) is 11.9. The lowest BCUT2D eigenvalue weighted by atomic mass is 9.95. The third-order valence-electron chi connectivity index (χ3n) is 3.95. The SMILES string of the molecule is Cc1cccc(C(C)C)c1NCC1CCNCC1. The van der Waals surface area contributed by atoms with Gasteiger partial charge in [0, 0.05) is 12.2 Å². The van der Waals surface area contributed by atoms with Crippen molar-refractivity contribution in [3.05, 3.63) is 29.3 Å². The van der Waals surface area contributed by atoms with Crippen LogP contribution in [0.1, 0.15) is 43.7 Å². The predicted molar refractivity (Wildman–Crippen MR) is 79.4 cm³/mol. The summed E-state index contributed by atoms with van der Waals surface area (Å²) in [5.41, 5.74) is 4.19. The molecule has 0 bridgehead atoms. The molecule has 1 saturated heterocycles. The molecule has 0 atom stereocenters. The second-order valence-corrected chi connectivity index (χ2v) is 5.77. The third kappa shape index (κ3) is 3.26. The third-order valence-corrected chi connectivity index (χ3v) is 3.95. The largest absolute Gasteiger partial charge is 0.384 e. The van der Waals surface area contributed by atoms with Gasteiger partial charge in [-0.1, -0.05) is 32.0 Å². The zero-order valence-corrected chi connectivity index (χ0v) is 11.9. The fourth-order valence-corrected chi connectivity index (χ4v) is 2.75. The molecule has 2 rings (SSSR count). The maximum atomic E-state index is 3.70. The van der Waals surface area contributed by atoms with Crippen molar-refractivity contribution in [3.8, 4) is 0 Å². The molecule has 100 valence electrons. The van der Waals surface area contributed by atoms with E-state index in [9.17, 15) is 0 Å². The monoisotopic (exact) mass is 246 g/mol. The first-order valence-electron chi connectivity index (χ1n) is 7.22. The summed E-state index contributed by atoms with van der Waals surface area (Å²) in [4.78, 5) is 0. The van der Waals surface area contributed by atoms with Gasteiger partial charge in [-0.15, -0.1) is 0 Å². The van der Waals surface area contributed by atoms with Crippen LogP contribution in [0.2, 0.25) is 0 Å². The Balaban J connectivity index is 2.03. The van der Waals surface area contributed by atoms with Gasteiger partial charge in [0.25, 0.3) is 0 Å². The minimum Gasteiger partial charge on any atom is -0.384 e.